The summed E-state index contributed by atoms with van der Waals surface area (Å²) in [6.45, 7) is 3.42. The van der Waals surface area contributed by atoms with Crippen molar-refractivity contribution in [2.45, 2.75) is 32.6 Å². The van der Waals surface area contributed by atoms with E-state index in [1.54, 1.807) is 23.5 Å². The van der Waals surface area contributed by atoms with Crippen LogP contribution in [0.1, 0.15) is 28.9 Å². The van der Waals surface area contributed by atoms with Crippen LogP contribution in [0.15, 0.2) is 41.9 Å². The highest BCUT2D eigenvalue weighted by Crippen LogP contribution is 2.27. The summed E-state index contributed by atoms with van der Waals surface area (Å²) in [4.78, 5) is 4.49. The number of benzene rings is 1. The molecule has 1 N–H and O–H groups in total. The van der Waals surface area contributed by atoms with Crippen molar-refractivity contribution in [2.24, 2.45) is 0 Å². The first-order valence-electron chi connectivity index (χ1n) is 7.82. The fourth-order valence-electron chi connectivity index (χ4n) is 2.31. The molecule has 0 aliphatic carbocycles. The number of aryl methyl sites for hydroxylation is 1. The zero-order valence-corrected chi connectivity index (χ0v) is 14.4. The summed E-state index contributed by atoms with van der Waals surface area (Å²) in [5.74, 6) is 0. The van der Waals surface area contributed by atoms with Crippen LogP contribution in [0.25, 0.3) is 5.69 Å². The quantitative estimate of drug-likeness (QED) is 0.711. The molecule has 25 heavy (non-hydrogen) atoms. The molecule has 0 unspecified atom stereocenters. The summed E-state index contributed by atoms with van der Waals surface area (Å²) >= 11 is 1.66. The second-order valence-corrected chi connectivity index (χ2v) is 6.44. The summed E-state index contributed by atoms with van der Waals surface area (Å²) in [7, 11) is 0. The van der Waals surface area contributed by atoms with Crippen LogP contribution in [-0.4, -0.2) is 14.8 Å². The average molecular weight is 366 g/mol. The molecule has 0 saturated carbocycles. The minimum atomic E-state index is -4.43. The highest BCUT2D eigenvalue weighted by atomic mass is 32.1. The third-order valence-electron chi connectivity index (χ3n) is 3.62. The van der Waals surface area contributed by atoms with Crippen molar-refractivity contribution >= 4 is 11.3 Å². The average Bonchev–Trinajstić information content (AvgIpc) is 3.24. The first-order valence-corrected chi connectivity index (χ1v) is 8.70. The summed E-state index contributed by atoms with van der Waals surface area (Å²) in [6.07, 6.45) is -2.18. The van der Waals surface area contributed by atoms with Gasteiger partial charge in [-0.05, 0) is 30.2 Å². The van der Waals surface area contributed by atoms with Crippen LogP contribution in [0.5, 0.6) is 0 Å². The molecule has 0 aliphatic rings. The largest absolute Gasteiger partial charge is 0.435 e. The van der Waals surface area contributed by atoms with E-state index in [0.717, 1.165) is 28.8 Å². The number of halogens is 3. The molecule has 4 nitrogen and oxygen atoms in total. The molecule has 0 spiro atoms. The van der Waals surface area contributed by atoms with Gasteiger partial charge in [0.1, 0.15) is 0 Å². The molecule has 3 rings (SSSR count). The van der Waals surface area contributed by atoms with Gasteiger partial charge in [-0.15, -0.1) is 11.3 Å². The van der Waals surface area contributed by atoms with Crippen LogP contribution in [-0.2, 0) is 25.7 Å². The van der Waals surface area contributed by atoms with E-state index in [0.29, 0.717) is 18.8 Å². The minimum absolute atomic E-state index is 0.589. The Morgan fingerprint density at radius 3 is 2.48 bits per heavy atom. The van der Waals surface area contributed by atoms with Gasteiger partial charge in [0.25, 0.3) is 0 Å². The lowest BCUT2D eigenvalue weighted by molar-refractivity contribution is -0.141. The lowest BCUT2D eigenvalue weighted by Gasteiger charge is -2.06. The Morgan fingerprint density at radius 2 is 1.88 bits per heavy atom. The molecule has 132 valence electrons. The number of aromatic nitrogens is 3. The van der Waals surface area contributed by atoms with Crippen molar-refractivity contribution in [3.8, 4) is 5.69 Å². The molecule has 0 amide bonds. The summed E-state index contributed by atoms with van der Waals surface area (Å²) < 4.78 is 39.0. The zero-order chi connectivity index (χ0) is 17.9. The Hall–Kier alpha value is -2.19. The van der Waals surface area contributed by atoms with Crippen molar-refractivity contribution in [3.05, 3.63) is 63.9 Å². The van der Waals surface area contributed by atoms with E-state index >= 15 is 0 Å². The van der Waals surface area contributed by atoms with Crippen molar-refractivity contribution in [1.29, 1.82) is 0 Å². The van der Waals surface area contributed by atoms with Crippen LogP contribution >= 0.6 is 11.3 Å². The summed E-state index contributed by atoms with van der Waals surface area (Å²) in [5.41, 5.74) is 1.76. The first kappa shape index (κ1) is 17.6. The van der Waals surface area contributed by atoms with Crippen LogP contribution in [0.4, 0.5) is 13.2 Å². The molecule has 0 atom stereocenters. The van der Waals surface area contributed by atoms with E-state index in [4.69, 9.17) is 0 Å². The molecule has 0 fully saturated rings. The molecule has 1 aromatic carbocycles. The molecule has 0 saturated heterocycles. The van der Waals surface area contributed by atoms with Gasteiger partial charge in [0.05, 0.1) is 16.4 Å². The number of hydrogen-bond acceptors (Lipinski definition) is 4. The number of nitrogens with zero attached hydrogens (tertiary/aromatic N) is 3. The van der Waals surface area contributed by atoms with E-state index < -0.39 is 11.9 Å². The smallest absolute Gasteiger partial charge is 0.307 e. The highest BCUT2D eigenvalue weighted by Gasteiger charge is 2.33. The van der Waals surface area contributed by atoms with Gasteiger partial charge in [0.15, 0.2) is 5.69 Å². The molecule has 8 heteroatoms. The predicted octanol–water partition coefficient (Wildman–Crippen LogP) is 4.20. The van der Waals surface area contributed by atoms with Gasteiger partial charge in [0, 0.05) is 24.7 Å². The number of rotatable bonds is 6. The Labute approximate surface area is 147 Å². The maximum Gasteiger partial charge on any atom is 0.435 e. The highest BCUT2D eigenvalue weighted by molar-refractivity contribution is 7.09. The standard InChI is InChI=1S/C17H17F3N4S/c1-2-16-22-13(11-25-16)10-21-9-12-3-5-14(6-4-12)24-8-7-15(23-24)17(18,19)20/h3-8,11,21H,2,9-10H2,1H3. The van der Waals surface area contributed by atoms with Gasteiger partial charge in [-0.2, -0.15) is 18.3 Å². The van der Waals surface area contributed by atoms with E-state index in [-0.39, 0.29) is 0 Å². The predicted molar refractivity (Wildman–Crippen MR) is 90.6 cm³/mol. The third-order valence-corrected chi connectivity index (χ3v) is 4.66. The van der Waals surface area contributed by atoms with E-state index in [1.165, 1.54) is 10.9 Å². The number of thiazole rings is 1. The molecular formula is C17H17F3N4S. The number of nitrogens with one attached hydrogen (secondary N) is 1. The Bertz CT molecular complexity index is 821. The van der Waals surface area contributed by atoms with Crippen LogP contribution in [0.2, 0.25) is 0 Å². The van der Waals surface area contributed by atoms with Crippen LogP contribution in [0.3, 0.4) is 0 Å². The van der Waals surface area contributed by atoms with Gasteiger partial charge in [-0.3, -0.25) is 0 Å². The van der Waals surface area contributed by atoms with Gasteiger partial charge >= 0.3 is 6.18 Å². The lowest BCUT2D eigenvalue weighted by Crippen LogP contribution is -2.13. The van der Waals surface area contributed by atoms with Crippen molar-refractivity contribution in [3.63, 3.8) is 0 Å². The second kappa shape index (κ2) is 7.37. The van der Waals surface area contributed by atoms with E-state index in [2.05, 4.69) is 22.3 Å². The fraction of sp³-hybridized carbons (Fsp3) is 0.294. The summed E-state index contributed by atoms with van der Waals surface area (Å²) in [5, 5.41) is 10.0. The zero-order valence-electron chi connectivity index (χ0n) is 13.5. The molecule has 2 aromatic heterocycles. The Morgan fingerprint density at radius 1 is 1.12 bits per heavy atom. The van der Waals surface area contributed by atoms with E-state index in [9.17, 15) is 13.2 Å². The third kappa shape index (κ3) is 4.46. The van der Waals surface area contributed by atoms with Gasteiger partial charge in [-0.1, -0.05) is 19.1 Å². The monoisotopic (exact) mass is 366 g/mol. The van der Waals surface area contributed by atoms with Crippen molar-refractivity contribution in [2.75, 3.05) is 0 Å². The molecule has 0 radical (unpaired) electrons. The SMILES string of the molecule is CCc1nc(CNCc2ccc(-n3ccc(C(F)(F)F)n3)cc2)cs1. The summed E-state index contributed by atoms with van der Waals surface area (Å²) in [6, 6.07) is 8.21. The molecule has 3 aromatic rings. The topological polar surface area (TPSA) is 42.7 Å². The maximum atomic E-state index is 12.6. The molecule has 0 aliphatic heterocycles. The van der Waals surface area contributed by atoms with Gasteiger partial charge in [-0.25, -0.2) is 9.67 Å². The molecule has 0 bridgehead atoms. The molecule has 2 heterocycles. The van der Waals surface area contributed by atoms with Crippen molar-refractivity contribution in [1.82, 2.24) is 20.1 Å². The first-order chi connectivity index (χ1) is 12.0. The van der Waals surface area contributed by atoms with Gasteiger partial charge < -0.3 is 5.32 Å². The number of hydrogen-bond donors (Lipinski definition) is 1. The van der Waals surface area contributed by atoms with Crippen LogP contribution < -0.4 is 5.32 Å². The number of alkyl halides is 3. The second-order valence-electron chi connectivity index (χ2n) is 5.50. The minimum Gasteiger partial charge on any atom is -0.307 e. The van der Waals surface area contributed by atoms with Gasteiger partial charge in [0.2, 0.25) is 0 Å². The van der Waals surface area contributed by atoms with E-state index in [1.807, 2.05) is 17.5 Å². The lowest BCUT2D eigenvalue weighted by atomic mass is 10.2. The fourth-order valence-corrected chi connectivity index (χ4v) is 3.06. The van der Waals surface area contributed by atoms with Crippen molar-refractivity contribution < 1.29 is 13.2 Å². The maximum absolute atomic E-state index is 12.6. The van der Waals surface area contributed by atoms with Crippen LogP contribution in [0, 0.1) is 0 Å². The Balaban J connectivity index is 1.57. The Kier molecular flexibility index (Phi) is 5.19. The molecular weight excluding hydrogens is 349 g/mol. The normalized spacial score (nSPS) is 11.8.